The third kappa shape index (κ3) is 7.01. The Hall–Kier alpha value is -0.0551. The highest BCUT2D eigenvalue weighted by Crippen LogP contribution is 2.28. The fourth-order valence-electron chi connectivity index (χ4n) is 3.75. The van der Waals surface area contributed by atoms with E-state index in [0.29, 0.717) is 6.10 Å². The standard InChI is InChI=1S/C18H35BO3/c1-16-15-18(2,3)22-19(20-16)21-17-13-11-9-7-5-4-6-8-10-12-14-17/h16-17H,4-15H2,1-3H3/t16-/m0/s1. The lowest BCUT2D eigenvalue weighted by atomic mass is 9.94. The Morgan fingerprint density at radius 1 is 0.864 bits per heavy atom. The van der Waals surface area contributed by atoms with E-state index in [9.17, 15) is 0 Å². The first-order chi connectivity index (χ1) is 10.6. The van der Waals surface area contributed by atoms with E-state index in [-0.39, 0.29) is 11.7 Å². The third-order valence-electron chi connectivity index (χ3n) is 4.89. The summed E-state index contributed by atoms with van der Waals surface area (Å²) in [5.74, 6) is 0. The molecule has 1 heterocycles. The molecule has 0 N–H and O–H groups in total. The molecule has 3 nitrogen and oxygen atoms in total. The van der Waals surface area contributed by atoms with Crippen molar-refractivity contribution in [3.63, 3.8) is 0 Å². The normalized spacial score (nSPS) is 29.6. The van der Waals surface area contributed by atoms with Crippen molar-refractivity contribution >= 4 is 7.32 Å². The van der Waals surface area contributed by atoms with Crippen LogP contribution in [0.25, 0.3) is 0 Å². The molecule has 1 aliphatic carbocycles. The van der Waals surface area contributed by atoms with Crippen LogP contribution in [0.3, 0.4) is 0 Å². The molecular formula is C18H35BO3. The van der Waals surface area contributed by atoms with E-state index in [1.807, 2.05) is 0 Å². The minimum Gasteiger partial charge on any atom is -0.383 e. The molecule has 22 heavy (non-hydrogen) atoms. The van der Waals surface area contributed by atoms with Gasteiger partial charge in [-0.05, 0) is 40.0 Å². The molecular weight excluding hydrogens is 275 g/mol. The van der Waals surface area contributed by atoms with Crippen LogP contribution in [0.4, 0.5) is 0 Å². The van der Waals surface area contributed by atoms with Crippen LogP contribution >= 0.6 is 0 Å². The van der Waals surface area contributed by atoms with Gasteiger partial charge in [0.25, 0.3) is 0 Å². The summed E-state index contributed by atoms with van der Waals surface area (Å²) < 4.78 is 18.0. The lowest BCUT2D eigenvalue weighted by Crippen LogP contribution is -2.48. The highest BCUT2D eigenvalue weighted by molar-refractivity contribution is 6.36. The molecule has 1 saturated heterocycles. The zero-order valence-corrected chi connectivity index (χ0v) is 14.9. The largest absolute Gasteiger partial charge is 0.640 e. The van der Waals surface area contributed by atoms with Crippen molar-refractivity contribution < 1.29 is 14.0 Å². The summed E-state index contributed by atoms with van der Waals surface area (Å²) >= 11 is 0. The second-order valence-corrected chi connectivity index (χ2v) is 7.83. The van der Waals surface area contributed by atoms with Gasteiger partial charge in [0, 0.05) is 12.2 Å². The second-order valence-electron chi connectivity index (χ2n) is 7.83. The van der Waals surface area contributed by atoms with E-state index in [2.05, 4.69) is 20.8 Å². The Labute approximate surface area is 137 Å². The molecule has 4 heteroatoms. The van der Waals surface area contributed by atoms with Crippen LogP contribution in [0, 0.1) is 0 Å². The van der Waals surface area contributed by atoms with Crippen LogP contribution in [-0.2, 0) is 14.0 Å². The minimum absolute atomic E-state index is 0.145. The van der Waals surface area contributed by atoms with Gasteiger partial charge < -0.3 is 14.0 Å². The van der Waals surface area contributed by atoms with Crippen LogP contribution in [0.2, 0.25) is 0 Å². The van der Waals surface area contributed by atoms with Crippen molar-refractivity contribution in [2.24, 2.45) is 0 Å². The fraction of sp³-hybridized carbons (Fsp3) is 1.00. The van der Waals surface area contributed by atoms with Gasteiger partial charge in [-0.2, -0.15) is 0 Å². The van der Waals surface area contributed by atoms with Crippen molar-refractivity contribution in [1.82, 2.24) is 0 Å². The van der Waals surface area contributed by atoms with E-state index in [4.69, 9.17) is 14.0 Å². The summed E-state index contributed by atoms with van der Waals surface area (Å²) in [6, 6.07) is 0. The summed E-state index contributed by atoms with van der Waals surface area (Å²) in [7, 11) is -0.475. The minimum atomic E-state index is -0.475. The summed E-state index contributed by atoms with van der Waals surface area (Å²) in [5.41, 5.74) is -0.145. The Kier molecular flexibility index (Phi) is 7.72. The number of hydrogen-bond acceptors (Lipinski definition) is 3. The maximum atomic E-state index is 6.20. The summed E-state index contributed by atoms with van der Waals surface area (Å²) in [6.45, 7) is 6.37. The number of rotatable bonds is 2. The molecule has 0 aromatic carbocycles. The van der Waals surface area contributed by atoms with Gasteiger partial charge in [-0.25, -0.2) is 0 Å². The Morgan fingerprint density at radius 3 is 1.86 bits per heavy atom. The molecule has 0 aromatic heterocycles. The van der Waals surface area contributed by atoms with Crippen LogP contribution < -0.4 is 0 Å². The average molecular weight is 310 g/mol. The predicted molar refractivity (Wildman–Crippen MR) is 91.7 cm³/mol. The summed E-state index contributed by atoms with van der Waals surface area (Å²) in [5, 5.41) is 0. The molecule has 1 aliphatic heterocycles. The average Bonchev–Trinajstić information content (AvgIpc) is 2.39. The molecule has 0 unspecified atom stereocenters. The van der Waals surface area contributed by atoms with Gasteiger partial charge in [0.05, 0.1) is 5.60 Å². The first-order valence-corrected chi connectivity index (χ1v) is 9.54. The summed E-state index contributed by atoms with van der Waals surface area (Å²) in [4.78, 5) is 0. The molecule has 1 atom stereocenters. The van der Waals surface area contributed by atoms with Gasteiger partial charge in [-0.3, -0.25) is 0 Å². The quantitative estimate of drug-likeness (QED) is 0.651. The Bertz CT molecular complexity index is 297. The SMILES string of the molecule is C[C@H]1CC(C)(C)OB(OC2CCCCCCCCCCC2)O1. The van der Waals surface area contributed by atoms with Crippen LogP contribution in [0.1, 0.15) is 97.8 Å². The number of hydrogen-bond donors (Lipinski definition) is 0. The van der Waals surface area contributed by atoms with Crippen molar-refractivity contribution in [1.29, 1.82) is 0 Å². The molecule has 128 valence electrons. The van der Waals surface area contributed by atoms with Crippen molar-refractivity contribution in [3.05, 3.63) is 0 Å². The molecule has 2 fully saturated rings. The van der Waals surface area contributed by atoms with Gasteiger partial charge in [0.2, 0.25) is 0 Å². The van der Waals surface area contributed by atoms with Crippen LogP contribution in [-0.4, -0.2) is 25.1 Å². The molecule has 0 spiro atoms. The molecule has 2 rings (SSSR count). The zero-order chi connectivity index (χ0) is 15.8. The fourth-order valence-corrected chi connectivity index (χ4v) is 3.75. The smallest absolute Gasteiger partial charge is 0.383 e. The monoisotopic (exact) mass is 310 g/mol. The zero-order valence-electron chi connectivity index (χ0n) is 14.9. The molecule has 0 amide bonds. The van der Waals surface area contributed by atoms with Crippen LogP contribution in [0.5, 0.6) is 0 Å². The molecule has 1 saturated carbocycles. The maximum absolute atomic E-state index is 6.20. The first kappa shape index (κ1) is 18.3. The Morgan fingerprint density at radius 2 is 1.36 bits per heavy atom. The van der Waals surface area contributed by atoms with Crippen molar-refractivity contribution in [3.8, 4) is 0 Å². The van der Waals surface area contributed by atoms with Crippen molar-refractivity contribution in [2.45, 2.75) is 116 Å². The van der Waals surface area contributed by atoms with E-state index in [0.717, 1.165) is 19.3 Å². The van der Waals surface area contributed by atoms with Gasteiger partial charge in [-0.15, -0.1) is 0 Å². The van der Waals surface area contributed by atoms with E-state index >= 15 is 0 Å². The topological polar surface area (TPSA) is 27.7 Å². The lowest BCUT2D eigenvalue weighted by Gasteiger charge is -2.38. The van der Waals surface area contributed by atoms with Crippen LogP contribution in [0.15, 0.2) is 0 Å². The third-order valence-corrected chi connectivity index (χ3v) is 4.89. The van der Waals surface area contributed by atoms with E-state index in [1.54, 1.807) is 0 Å². The predicted octanol–water partition coefficient (Wildman–Crippen LogP) is 5.27. The second kappa shape index (κ2) is 9.29. The molecule has 2 aliphatic rings. The highest BCUT2D eigenvalue weighted by atomic mass is 16.8. The first-order valence-electron chi connectivity index (χ1n) is 9.54. The van der Waals surface area contributed by atoms with E-state index < -0.39 is 7.32 Å². The lowest BCUT2D eigenvalue weighted by molar-refractivity contribution is -0.0808. The Balaban J connectivity index is 1.81. The van der Waals surface area contributed by atoms with Gasteiger partial charge in [0.1, 0.15) is 0 Å². The van der Waals surface area contributed by atoms with E-state index in [1.165, 1.54) is 57.8 Å². The molecule has 0 bridgehead atoms. The van der Waals surface area contributed by atoms with Gasteiger partial charge in [0.15, 0.2) is 0 Å². The van der Waals surface area contributed by atoms with Gasteiger partial charge >= 0.3 is 7.32 Å². The molecule has 0 aromatic rings. The van der Waals surface area contributed by atoms with Crippen molar-refractivity contribution in [2.75, 3.05) is 0 Å². The maximum Gasteiger partial charge on any atom is 0.640 e. The highest BCUT2D eigenvalue weighted by Gasteiger charge is 2.40. The summed E-state index contributed by atoms with van der Waals surface area (Å²) in [6.07, 6.45) is 16.0. The van der Waals surface area contributed by atoms with Gasteiger partial charge in [-0.1, -0.05) is 57.8 Å². The molecule has 0 radical (unpaired) electrons.